The highest BCUT2D eigenvalue weighted by Gasteiger charge is 2.44. The Kier molecular flexibility index (Phi) is 33.7. The molecule has 1 heterocycles. The molecule has 10 nitrogen and oxygen atoms in total. The summed E-state index contributed by atoms with van der Waals surface area (Å²) in [4.78, 5) is 25.3. The molecule has 10 heteroatoms. The fourth-order valence-corrected chi connectivity index (χ4v) is 6.51. The minimum atomic E-state index is -1.60. The summed E-state index contributed by atoms with van der Waals surface area (Å²) in [6, 6.07) is 0. The van der Waals surface area contributed by atoms with E-state index in [1.807, 2.05) is 0 Å². The van der Waals surface area contributed by atoms with Crippen LogP contribution in [0.5, 0.6) is 0 Å². The highest BCUT2D eigenvalue weighted by Crippen LogP contribution is 2.22. The van der Waals surface area contributed by atoms with Crippen LogP contribution in [0.4, 0.5) is 0 Å². The molecule has 320 valence electrons. The maximum atomic E-state index is 12.7. The number of hydrogen-bond donors (Lipinski definition) is 4. The van der Waals surface area contributed by atoms with Crippen LogP contribution in [0.25, 0.3) is 0 Å². The lowest BCUT2D eigenvalue weighted by atomic mass is 9.99. The number of unbranched alkanes of at least 4 members (excludes halogenated alkanes) is 21. The third kappa shape index (κ3) is 28.1. The van der Waals surface area contributed by atoms with E-state index >= 15 is 0 Å². The lowest BCUT2D eigenvalue weighted by Crippen LogP contribution is -2.59. The molecule has 2 unspecified atom stereocenters. The van der Waals surface area contributed by atoms with Crippen LogP contribution in [0.15, 0.2) is 30.0 Å². The molecule has 1 aliphatic heterocycles. The van der Waals surface area contributed by atoms with Crippen molar-refractivity contribution >= 4 is 11.9 Å². The van der Waals surface area contributed by atoms with Gasteiger partial charge in [-0.3, -0.25) is 9.59 Å². The molecule has 0 bridgehead atoms. The van der Waals surface area contributed by atoms with Crippen LogP contribution < -0.4 is 0 Å². The van der Waals surface area contributed by atoms with E-state index in [2.05, 4.69) is 43.9 Å². The van der Waals surface area contributed by atoms with E-state index in [9.17, 15) is 30.0 Å². The lowest BCUT2D eigenvalue weighted by Gasteiger charge is -2.39. The molecule has 1 saturated heterocycles. The van der Waals surface area contributed by atoms with Gasteiger partial charge in [0.1, 0.15) is 31.0 Å². The van der Waals surface area contributed by atoms with Crippen LogP contribution in [-0.2, 0) is 28.5 Å². The Bertz CT molecular complexity index is 1010. The van der Waals surface area contributed by atoms with E-state index < -0.39 is 55.4 Å². The van der Waals surface area contributed by atoms with Crippen LogP contribution in [0.1, 0.15) is 187 Å². The van der Waals surface area contributed by atoms with Crippen molar-refractivity contribution < 1.29 is 49.0 Å². The Morgan fingerprint density at radius 1 is 0.600 bits per heavy atom. The molecule has 0 aromatic carbocycles. The van der Waals surface area contributed by atoms with E-state index in [1.165, 1.54) is 83.5 Å². The number of rotatable bonds is 36. The summed E-state index contributed by atoms with van der Waals surface area (Å²) < 4.78 is 22.1. The van der Waals surface area contributed by atoms with Crippen molar-refractivity contribution in [2.45, 2.75) is 224 Å². The van der Waals surface area contributed by atoms with Crippen molar-refractivity contribution in [1.29, 1.82) is 0 Å². The number of aliphatic hydroxyl groups excluding tert-OH is 4. The molecule has 0 amide bonds. The quantitative estimate of drug-likeness (QED) is 0.0210. The summed E-state index contributed by atoms with van der Waals surface area (Å²) in [5.74, 6) is -0.844. The second kappa shape index (κ2) is 36.3. The molecule has 0 aromatic heterocycles. The number of carbonyl (C=O) groups excluding carboxylic acids is 2. The zero-order valence-corrected chi connectivity index (χ0v) is 34.7. The molecular formula is C45H80O10. The highest BCUT2D eigenvalue weighted by molar-refractivity contribution is 5.70. The highest BCUT2D eigenvalue weighted by atomic mass is 16.7. The molecule has 4 N–H and O–H groups in total. The third-order valence-corrected chi connectivity index (χ3v) is 10.1. The minimum absolute atomic E-state index is 0.207. The van der Waals surface area contributed by atoms with Gasteiger partial charge in [0, 0.05) is 12.8 Å². The standard InChI is InChI=1S/C45H80O10/c1-3-5-7-9-11-13-15-17-19-21-23-25-27-29-31-33-40(47)52-36-38(37-53-45-44(51)43(50)42(49)39(35-46)55-45)54-41(48)34-32-30-28-26-24-22-20-18-16-14-12-10-8-6-4-2/h16,20-21,23,38-39,42-46,49-51H,3-15,17,19,22,24-37H2,1-2H3/b23-21+/t18?,38-,39-,42+,43?,44?,45-/m0/s1. The first-order valence-electron chi connectivity index (χ1n) is 22.2. The lowest BCUT2D eigenvalue weighted by molar-refractivity contribution is -0.305. The van der Waals surface area contributed by atoms with Crippen molar-refractivity contribution in [2.75, 3.05) is 19.8 Å². The summed E-state index contributed by atoms with van der Waals surface area (Å²) in [7, 11) is 0. The summed E-state index contributed by atoms with van der Waals surface area (Å²) >= 11 is 0. The first-order chi connectivity index (χ1) is 26.8. The SMILES string of the molecule is CCCCCCCC=C=CCCCCCCCC(=O)O[C@@H](COC(=O)CCCCC/C=C/CCCCCCCCCC)CO[C@H]1O[C@@H](CO)[C@@H](O)C(O)C1O. The summed E-state index contributed by atoms with van der Waals surface area (Å²) in [5.41, 5.74) is 3.29. The Morgan fingerprint density at radius 2 is 1.07 bits per heavy atom. The molecule has 0 saturated carbocycles. The van der Waals surface area contributed by atoms with Gasteiger partial charge in [0.2, 0.25) is 0 Å². The van der Waals surface area contributed by atoms with Gasteiger partial charge >= 0.3 is 11.9 Å². The van der Waals surface area contributed by atoms with Gasteiger partial charge in [-0.1, -0.05) is 122 Å². The first-order valence-corrected chi connectivity index (χ1v) is 22.2. The zero-order chi connectivity index (χ0) is 40.2. The van der Waals surface area contributed by atoms with Crippen molar-refractivity contribution in [3.05, 3.63) is 30.0 Å². The third-order valence-electron chi connectivity index (χ3n) is 10.1. The monoisotopic (exact) mass is 781 g/mol. The molecule has 0 aliphatic carbocycles. The molecule has 6 atom stereocenters. The van der Waals surface area contributed by atoms with E-state index in [-0.39, 0.29) is 26.1 Å². The molecule has 1 fully saturated rings. The van der Waals surface area contributed by atoms with E-state index in [0.29, 0.717) is 12.8 Å². The minimum Gasteiger partial charge on any atom is -0.462 e. The maximum Gasteiger partial charge on any atom is 0.306 e. The number of allylic oxidation sites excluding steroid dienone is 3. The molecule has 55 heavy (non-hydrogen) atoms. The Balaban J connectivity index is 2.37. The fourth-order valence-electron chi connectivity index (χ4n) is 6.51. The average Bonchev–Trinajstić information content (AvgIpc) is 3.18. The van der Waals surface area contributed by atoms with Gasteiger partial charge in [0.15, 0.2) is 12.4 Å². The number of ether oxygens (including phenoxy) is 4. The summed E-state index contributed by atoms with van der Waals surface area (Å²) in [6.45, 7) is 3.37. The Hall–Kier alpha value is -2.04. The van der Waals surface area contributed by atoms with Crippen LogP contribution in [-0.4, -0.2) is 89.0 Å². The van der Waals surface area contributed by atoms with Crippen LogP contribution in [0.2, 0.25) is 0 Å². The van der Waals surface area contributed by atoms with Gasteiger partial charge in [-0.15, -0.1) is 5.73 Å². The fraction of sp³-hybridized carbons (Fsp3) is 0.844. The Morgan fingerprint density at radius 3 is 1.62 bits per heavy atom. The number of hydrogen-bond acceptors (Lipinski definition) is 10. The first kappa shape index (κ1) is 51.0. The summed E-state index contributed by atoms with van der Waals surface area (Å²) in [6.07, 6.45) is 29.6. The summed E-state index contributed by atoms with van der Waals surface area (Å²) in [5, 5.41) is 40.0. The van der Waals surface area contributed by atoms with Crippen molar-refractivity contribution in [2.24, 2.45) is 0 Å². The molecular weight excluding hydrogens is 700 g/mol. The second-order valence-electron chi connectivity index (χ2n) is 15.2. The predicted octanol–water partition coefficient (Wildman–Crippen LogP) is 9.10. The van der Waals surface area contributed by atoms with Crippen molar-refractivity contribution in [1.82, 2.24) is 0 Å². The molecule has 0 aromatic rings. The van der Waals surface area contributed by atoms with Crippen LogP contribution in [0, 0.1) is 0 Å². The van der Waals surface area contributed by atoms with Gasteiger partial charge in [-0.05, 0) is 76.4 Å². The Labute approximate surface area is 334 Å². The van der Waals surface area contributed by atoms with Gasteiger partial charge in [0.05, 0.1) is 13.2 Å². The van der Waals surface area contributed by atoms with Crippen LogP contribution >= 0.6 is 0 Å². The van der Waals surface area contributed by atoms with Crippen molar-refractivity contribution in [3.63, 3.8) is 0 Å². The largest absolute Gasteiger partial charge is 0.462 e. The number of carbonyl (C=O) groups is 2. The van der Waals surface area contributed by atoms with E-state index in [1.54, 1.807) is 0 Å². The molecule has 1 rings (SSSR count). The van der Waals surface area contributed by atoms with Gasteiger partial charge in [0.25, 0.3) is 0 Å². The molecule has 0 radical (unpaired) electrons. The van der Waals surface area contributed by atoms with Crippen molar-refractivity contribution in [3.8, 4) is 0 Å². The van der Waals surface area contributed by atoms with Gasteiger partial charge in [-0.2, -0.15) is 0 Å². The second-order valence-corrected chi connectivity index (χ2v) is 15.2. The number of esters is 2. The van der Waals surface area contributed by atoms with Crippen LogP contribution in [0.3, 0.4) is 0 Å². The van der Waals surface area contributed by atoms with E-state index in [0.717, 1.165) is 64.2 Å². The van der Waals surface area contributed by atoms with Gasteiger partial charge < -0.3 is 39.4 Å². The average molecular weight is 781 g/mol. The molecule has 1 aliphatic rings. The topological polar surface area (TPSA) is 152 Å². The maximum absolute atomic E-state index is 12.7. The predicted molar refractivity (Wildman–Crippen MR) is 218 cm³/mol. The smallest absolute Gasteiger partial charge is 0.306 e. The van der Waals surface area contributed by atoms with Gasteiger partial charge in [-0.25, -0.2) is 0 Å². The molecule has 0 spiro atoms. The number of aliphatic hydroxyl groups is 4. The normalized spacial score (nSPS) is 20.3. The zero-order valence-electron chi connectivity index (χ0n) is 34.7. The van der Waals surface area contributed by atoms with E-state index in [4.69, 9.17) is 18.9 Å².